The van der Waals surface area contributed by atoms with Crippen molar-refractivity contribution in [2.45, 2.75) is 75.5 Å². The topological polar surface area (TPSA) is 71.6 Å². The first-order valence-corrected chi connectivity index (χ1v) is 7.61. The summed E-state index contributed by atoms with van der Waals surface area (Å²) in [5.74, 6) is -0.329. The van der Waals surface area contributed by atoms with Crippen molar-refractivity contribution in [1.82, 2.24) is 0 Å². The summed E-state index contributed by atoms with van der Waals surface area (Å²) in [7, 11) is 1.57. The Morgan fingerprint density at radius 1 is 1.52 bits per heavy atom. The van der Waals surface area contributed by atoms with Crippen molar-refractivity contribution >= 4 is 5.97 Å². The van der Waals surface area contributed by atoms with Crippen LogP contribution in [-0.2, 0) is 19.0 Å². The molecule has 118 valence electrons. The molecule has 1 aliphatic carbocycles. The van der Waals surface area contributed by atoms with Crippen LogP contribution in [0.2, 0.25) is 0 Å². The molecule has 3 fully saturated rings. The van der Waals surface area contributed by atoms with Gasteiger partial charge in [0, 0.05) is 13.5 Å². The van der Waals surface area contributed by atoms with E-state index in [0.29, 0.717) is 12.8 Å². The molecule has 0 aromatic carbocycles. The van der Waals surface area contributed by atoms with Crippen LogP contribution in [0.25, 0.3) is 0 Å². The van der Waals surface area contributed by atoms with Gasteiger partial charge in [-0.05, 0) is 40.0 Å². The van der Waals surface area contributed by atoms with Crippen LogP contribution in [0.1, 0.15) is 46.5 Å². The number of hydrogen-bond acceptors (Lipinski definition) is 5. The van der Waals surface area contributed by atoms with Gasteiger partial charge in [-0.15, -0.1) is 0 Å². The van der Waals surface area contributed by atoms with Crippen molar-refractivity contribution in [3.8, 4) is 0 Å². The normalized spacial score (nSPS) is 48.0. The zero-order valence-corrected chi connectivity index (χ0v) is 13.1. The van der Waals surface area contributed by atoms with Gasteiger partial charge in [-0.3, -0.25) is 0 Å². The number of allylic oxidation sites excluding steroid dienone is 1. The smallest absolute Gasteiger partial charge is 0.355 e. The van der Waals surface area contributed by atoms with Gasteiger partial charge in [0.25, 0.3) is 0 Å². The minimum Gasteiger partial charge on any atom is -0.441 e. The Bertz CT molecular complexity index is 497. The van der Waals surface area contributed by atoms with E-state index in [1.165, 1.54) is 5.57 Å². The van der Waals surface area contributed by atoms with Crippen LogP contribution in [0.5, 0.6) is 0 Å². The third-order valence-corrected chi connectivity index (χ3v) is 5.36. The lowest BCUT2D eigenvalue weighted by Crippen LogP contribution is -2.67. The van der Waals surface area contributed by atoms with Crippen LogP contribution in [0, 0.1) is 0 Å². The molecule has 1 saturated carbocycles. The number of epoxide rings is 2. The van der Waals surface area contributed by atoms with Crippen molar-refractivity contribution in [2.75, 3.05) is 7.11 Å². The first-order valence-electron chi connectivity index (χ1n) is 7.61. The number of ether oxygens (including phenoxy) is 3. The van der Waals surface area contributed by atoms with E-state index in [1.54, 1.807) is 7.11 Å². The lowest BCUT2D eigenvalue weighted by atomic mass is 9.65. The second-order valence-corrected chi connectivity index (χ2v) is 6.83. The zero-order chi connectivity index (χ0) is 15.5. The third kappa shape index (κ3) is 1.84. The Balaban J connectivity index is 1.90. The van der Waals surface area contributed by atoms with Crippen LogP contribution < -0.4 is 0 Å². The predicted molar refractivity (Wildman–Crippen MR) is 75.7 cm³/mol. The van der Waals surface area contributed by atoms with E-state index in [1.807, 2.05) is 20.8 Å². The summed E-state index contributed by atoms with van der Waals surface area (Å²) in [6, 6.07) is 0. The Kier molecular flexibility index (Phi) is 3.24. The van der Waals surface area contributed by atoms with Crippen molar-refractivity contribution < 1.29 is 24.1 Å². The summed E-state index contributed by atoms with van der Waals surface area (Å²) in [4.78, 5) is 11.9. The SMILES string of the molecule is COC1CCCC2(OC2=O)C1(O)C1(C)OC1CC=C(C)C. The summed E-state index contributed by atoms with van der Waals surface area (Å²) in [6.45, 7) is 5.93. The van der Waals surface area contributed by atoms with Gasteiger partial charge in [0.15, 0.2) is 5.60 Å². The van der Waals surface area contributed by atoms with Gasteiger partial charge in [0.1, 0.15) is 5.60 Å². The molecule has 5 unspecified atom stereocenters. The lowest BCUT2D eigenvalue weighted by Gasteiger charge is -2.44. The number of aliphatic hydroxyl groups is 1. The first kappa shape index (κ1) is 15.0. The average molecular weight is 296 g/mol. The summed E-state index contributed by atoms with van der Waals surface area (Å²) in [5.41, 5.74) is -2.13. The summed E-state index contributed by atoms with van der Waals surface area (Å²) in [6.07, 6.45) is 4.31. The monoisotopic (exact) mass is 296 g/mol. The van der Waals surface area contributed by atoms with Crippen molar-refractivity contribution in [3.05, 3.63) is 11.6 Å². The molecule has 2 saturated heterocycles. The van der Waals surface area contributed by atoms with E-state index in [2.05, 4.69) is 6.08 Å². The van der Waals surface area contributed by atoms with Crippen LogP contribution in [-0.4, -0.2) is 47.2 Å². The number of rotatable bonds is 4. The molecule has 0 aromatic heterocycles. The van der Waals surface area contributed by atoms with Crippen LogP contribution in [0.15, 0.2) is 11.6 Å². The molecule has 1 N–H and O–H groups in total. The summed E-state index contributed by atoms with van der Waals surface area (Å²) in [5, 5.41) is 11.4. The fraction of sp³-hybridized carbons (Fsp3) is 0.812. The minimum atomic E-state index is -1.41. The molecule has 5 nitrogen and oxygen atoms in total. The summed E-state index contributed by atoms with van der Waals surface area (Å²) >= 11 is 0. The molecule has 3 rings (SSSR count). The second-order valence-electron chi connectivity index (χ2n) is 6.83. The van der Waals surface area contributed by atoms with E-state index in [0.717, 1.165) is 12.8 Å². The quantitative estimate of drug-likeness (QED) is 0.632. The highest BCUT2D eigenvalue weighted by Crippen LogP contribution is 2.62. The number of carbonyl (C=O) groups excluding carboxylic acids is 1. The van der Waals surface area contributed by atoms with Gasteiger partial charge in [-0.25, -0.2) is 4.79 Å². The highest BCUT2D eigenvalue weighted by Gasteiger charge is 2.85. The Morgan fingerprint density at radius 2 is 2.19 bits per heavy atom. The Hall–Kier alpha value is -0.910. The molecular weight excluding hydrogens is 272 g/mol. The first-order chi connectivity index (χ1) is 9.82. The maximum atomic E-state index is 11.9. The molecule has 21 heavy (non-hydrogen) atoms. The van der Waals surface area contributed by atoms with Gasteiger partial charge in [-0.1, -0.05) is 11.6 Å². The number of hydrogen-bond donors (Lipinski definition) is 1. The molecule has 1 spiro atoms. The minimum absolute atomic E-state index is 0.109. The highest BCUT2D eigenvalue weighted by molar-refractivity contribution is 5.95. The zero-order valence-electron chi connectivity index (χ0n) is 13.1. The van der Waals surface area contributed by atoms with Crippen LogP contribution in [0.4, 0.5) is 0 Å². The molecule has 2 aliphatic heterocycles. The van der Waals surface area contributed by atoms with Crippen LogP contribution >= 0.6 is 0 Å². The fourth-order valence-corrected chi connectivity index (χ4v) is 3.94. The predicted octanol–water partition coefficient (Wildman–Crippen LogP) is 1.73. The van der Waals surface area contributed by atoms with Crippen molar-refractivity contribution in [3.63, 3.8) is 0 Å². The van der Waals surface area contributed by atoms with E-state index >= 15 is 0 Å². The fourth-order valence-electron chi connectivity index (χ4n) is 3.94. The second kappa shape index (κ2) is 4.54. The van der Waals surface area contributed by atoms with E-state index in [9.17, 15) is 9.90 Å². The molecule has 0 bridgehead atoms. The standard InChI is InChI=1S/C16H24O5/c1-10(2)7-8-11-14(3,20-11)16(18)12(19-4)6-5-9-15(16)13(17)21-15/h7,11-12,18H,5-6,8-9H2,1-4H3. The van der Waals surface area contributed by atoms with Gasteiger partial charge in [0.05, 0.1) is 12.2 Å². The summed E-state index contributed by atoms with van der Waals surface area (Å²) < 4.78 is 16.6. The molecule has 2 heterocycles. The van der Waals surface area contributed by atoms with Crippen molar-refractivity contribution in [2.24, 2.45) is 0 Å². The molecule has 5 atom stereocenters. The average Bonchev–Trinajstić information content (AvgIpc) is 3.29. The van der Waals surface area contributed by atoms with Gasteiger partial charge in [0.2, 0.25) is 5.60 Å². The number of methoxy groups -OCH3 is 1. The third-order valence-electron chi connectivity index (χ3n) is 5.36. The highest BCUT2D eigenvalue weighted by atomic mass is 16.7. The maximum Gasteiger partial charge on any atom is 0.355 e. The Labute approximate surface area is 125 Å². The van der Waals surface area contributed by atoms with Gasteiger partial charge < -0.3 is 19.3 Å². The molecule has 5 heteroatoms. The molecular formula is C16H24O5. The van der Waals surface area contributed by atoms with E-state index in [-0.39, 0.29) is 12.1 Å². The van der Waals surface area contributed by atoms with Gasteiger partial charge >= 0.3 is 5.97 Å². The van der Waals surface area contributed by atoms with E-state index < -0.39 is 22.9 Å². The molecule has 3 aliphatic rings. The number of carbonyl (C=O) groups is 1. The molecule has 0 radical (unpaired) electrons. The molecule has 0 aromatic rings. The van der Waals surface area contributed by atoms with E-state index in [4.69, 9.17) is 14.2 Å². The maximum absolute atomic E-state index is 11.9. The van der Waals surface area contributed by atoms with Gasteiger partial charge in [-0.2, -0.15) is 0 Å². The molecule has 0 amide bonds. The largest absolute Gasteiger partial charge is 0.441 e. The lowest BCUT2D eigenvalue weighted by molar-refractivity contribution is -0.191. The Morgan fingerprint density at radius 3 is 2.71 bits per heavy atom. The van der Waals surface area contributed by atoms with Crippen molar-refractivity contribution in [1.29, 1.82) is 0 Å². The van der Waals surface area contributed by atoms with Crippen LogP contribution in [0.3, 0.4) is 0 Å².